The minimum atomic E-state index is -0.300. The average molecular weight is 307 g/mol. The second kappa shape index (κ2) is 6.95. The summed E-state index contributed by atoms with van der Waals surface area (Å²) in [7, 11) is 1.53. The Kier molecular flexibility index (Phi) is 5.00. The molecule has 2 aromatic rings. The van der Waals surface area contributed by atoms with E-state index >= 15 is 0 Å². The zero-order valence-electron chi connectivity index (χ0n) is 11.7. The molecule has 21 heavy (non-hydrogen) atoms. The summed E-state index contributed by atoms with van der Waals surface area (Å²) in [6, 6.07) is 8.29. The van der Waals surface area contributed by atoms with Crippen molar-refractivity contribution in [3.8, 4) is 11.6 Å². The van der Waals surface area contributed by atoms with E-state index in [0.29, 0.717) is 34.5 Å². The normalized spacial score (nSPS) is 10.0. The fourth-order valence-electron chi connectivity index (χ4n) is 1.72. The van der Waals surface area contributed by atoms with Gasteiger partial charge >= 0.3 is 0 Å². The first-order chi connectivity index (χ1) is 10.1. The van der Waals surface area contributed by atoms with Gasteiger partial charge in [-0.05, 0) is 31.2 Å². The van der Waals surface area contributed by atoms with Crippen LogP contribution in [0.4, 0.5) is 5.69 Å². The molecule has 0 bridgehead atoms. The number of pyridine rings is 1. The second-order valence-electron chi connectivity index (χ2n) is 4.12. The molecule has 1 heterocycles. The Morgan fingerprint density at radius 3 is 2.76 bits per heavy atom. The van der Waals surface area contributed by atoms with Crippen molar-refractivity contribution < 1.29 is 14.3 Å². The first-order valence-corrected chi connectivity index (χ1v) is 6.75. The maximum atomic E-state index is 12.2. The highest BCUT2D eigenvalue weighted by Crippen LogP contribution is 2.28. The van der Waals surface area contributed by atoms with Crippen molar-refractivity contribution in [2.75, 3.05) is 19.0 Å². The molecule has 1 aromatic carbocycles. The van der Waals surface area contributed by atoms with Crippen molar-refractivity contribution in [1.82, 2.24) is 4.98 Å². The number of anilines is 1. The summed E-state index contributed by atoms with van der Waals surface area (Å²) in [5.41, 5.74) is 0.921. The molecule has 0 spiro atoms. The third-order valence-electron chi connectivity index (χ3n) is 2.70. The van der Waals surface area contributed by atoms with Gasteiger partial charge < -0.3 is 14.8 Å². The molecule has 0 aliphatic carbocycles. The number of halogens is 1. The van der Waals surface area contributed by atoms with E-state index in [9.17, 15) is 4.79 Å². The number of benzene rings is 1. The molecule has 1 N–H and O–H groups in total. The van der Waals surface area contributed by atoms with E-state index in [-0.39, 0.29) is 5.91 Å². The van der Waals surface area contributed by atoms with Crippen molar-refractivity contribution in [2.24, 2.45) is 0 Å². The number of rotatable bonds is 5. The van der Waals surface area contributed by atoms with Gasteiger partial charge in [0.05, 0.1) is 25.0 Å². The van der Waals surface area contributed by atoms with Crippen LogP contribution in [0.25, 0.3) is 0 Å². The van der Waals surface area contributed by atoms with E-state index in [1.165, 1.54) is 13.3 Å². The molecule has 0 saturated carbocycles. The van der Waals surface area contributed by atoms with Crippen LogP contribution in [-0.2, 0) is 0 Å². The van der Waals surface area contributed by atoms with E-state index in [2.05, 4.69) is 10.3 Å². The van der Waals surface area contributed by atoms with Crippen molar-refractivity contribution >= 4 is 23.2 Å². The molecule has 0 fully saturated rings. The van der Waals surface area contributed by atoms with Gasteiger partial charge in [-0.1, -0.05) is 11.6 Å². The number of nitrogens with zero attached hydrogens (tertiary/aromatic N) is 1. The summed E-state index contributed by atoms with van der Waals surface area (Å²) in [6.45, 7) is 2.39. The molecule has 5 nitrogen and oxygen atoms in total. The molecule has 0 aliphatic heterocycles. The number of methoxy groups -OCH3 is 1. The Hall–Kier alpha value is -2.27. The van der Waals surface area contributed by atoms with Gasteiger partial charge in [0, 0.05) is 17.3 Å². The number of aromatic nitrogens is 1. The summed E-state index contributed by atoms with van der Waals surface area (Å²) in [4.78, 5) is 16.2. The topological polar surface area (TPSA) is 60.5 Å². The van der Waals surface area contributed by atoms with Gasteiger partial charge in [-0.2, -0.15) is 0 Å². The molecule has 2 rings (SSSR count). The Labute approximate surface area is 127 Å². The van der Waals surface area contributed by atoms with Crippen molar-refractivity contribution in [3.63, 3.8) is 0 Å². The number of nitrogens with one attached hydrogen (secondary N) is 1. The molecular weight excluding hydrogens is 292 g/mol. The molecule has 6 heteroatoms. The van der Waals surface area contributed by atoms with Gasteiger partial charge in [-0.25, -0.2) is 4.98 Å². The van der Waals surface area contributed by atoms with Crippen LogP contribution in [0, 0.1) is 0 Å². The lowest BCUT2D eigenvalue weighted by atomic mass is 10.2. The summed E-state index contributed by atoms with van der Waals surface area (Å²) in [5, 5.41) is 3.25. The molecule has 0 radical (unpaired) electrons. The van der Waals surface area contributed by atoms with Gasteiger partial charge in [0.1, 0.15) is 5.75 Å². The highest BCUT2D eigenvalue weighted by Gasteiger charge is 2.11. The van der Waals surface area contributed by atoms with Crippen LogP contribution in [0.5, 0.6) is 11.6 Å². The third-order valence-corrected chi connectivity index (χ3v) is 2.94. The molecular formula is C15H15ClN2O3. The third kappa shape index (κ3) is 3.86. The summed E-state index contributed by atoms with van der Waals surface area (Å²) in [6.07, 6.45) is 1.46. The van der Waals surface area contributed by atoms with Crippen LogP contribution in [-0.4, -0.2) is 24.6 Å². The van der Waals surface area contributed by atoms with E-state index in [4.69, 9.17) is 21.1 Å². The number of hydrogen-bond acceptors (Lipinski definition) is 4. The maximum absolute atomic E-state index is 12.2. The first-order valence-electron chi connectivity index (χ1n) is 6.37. The van der Waals surface area contributed by atoms with Crippen LogP contribution in [0.3, 0.4) is 0 Å². The predicted molar refractivity (Wildman–Crippen MR) is 81.4 cm³/mol. The number of carbonyl (C=O) groups excluding carboxylic acids is 1. The number of ether oxygens (including phenoxy) is 2. The standard InChI is InChI=1S/C15H15ClN2O3/c1-3-21-14-7-4-10(9-17-14)15(19)18-12-8-11(16)5-6-13(12)20-2/h4-9H,3H2,1-2H3,(H,18,19). The first kappa shape index (κ1) is 15.1. The largest absolute Gasteiger partial charge is 0.495 e. The SMILES string of the molecule is CCOc1ccc(C(=O)Nc2cc(Cl)ccc2OC)cn1. The zero-order valence-corrected chi connectivity index (χ0v) is 12.5. The summed E-state index contributed by atoms with van der Waals surface area (Å²) in [5.74, 6) is 0.715. The average Bonchev–Trinajstić information content (AvgIpc) is 2.48. The smallest absolute Gasteiger partial charge is 0.257 e. The van der Waals surface area contributed by atoms with Crippen LogP contribution >= 0.6 is 11.6 Å². The van der Waals surface area contributed by atoms with E-state index < -0.39 is 0 Å². The fourth-order valence-corrected chi connectivity index (χ4v) is 1.89. The minimum absolute atomic E-state index is 0.300. The van der Waals surface area contributed by atoms with Crippen LogP contribution < -0.4 is 14.8 Å². The molecule has 1 aromatic heterocycles. The Morgan fingerprint density at radius 2 is 2.14 bits per heavy atom. The van der Waals surface area contributed by atoms with Crippen LogP contribution in [0.1, 0.15) is 17.3 Å². The molecule has 110 valence electrons. The fraction of sp³-hybridized carbons (Fsp3) is 0.200. The lowest BCUT2D eigenvalue weighted by Crippen LogP contribution is -2.13. The van der Waals surface area contributed by atoms with Crippen molar-refractivity contribution in [1.29, 1.82) is 0 Å². The molecule has 0 aliphatic rings. The molecule has 0 atom stereocenters. The van der Waals surface area contributed by atoms with Crippen molar-refractivity contribution in [2.45, 2.75) is 6.92 Å². The highest BCUT2D eigenvalue weighted by atomic mass is 35.5. The number of hydrogen-bond donors (Lipinski definition) is 1. The summed E-state index contributed by atoms with van der Waals surface area (Å²) < 4.78 is 10.4. The summed E-state index contributed by atoms with van der Waals surface area (Å²) >= 11 is 5.92. The zero-order chi connectivity index (χ0) is 15.2. The number of carbonyl (C=O) groups is 1. The quantitative estimate of drug-likeness (QED) is 0.919. The highest BCUT2D eigenvalue weighted by molar-refractivity contribution is 6.31. The predicted octanol–water partition coefficient (Wildman–Crippen LogP) is 3.39. The van der Waals surface area contributed by atoms with Gasteiger partial charge in [-0.3, -0.25) is 4.79 Å². The molecule has 1 amide bonds. The second-order valence-corrected chi connectivity index (χ2v) is 4.55. The Bertz CT molecular complexity index is 629. The van der Waals surface area contributed by atoms with Crippen LogP contribution in [0.15, 0.2) is 36.5 Å². The Morgan fingerprint density at radius 1 is 1.33 bits per heavy atom. The van der Waals surface area contributed by atoms with Gasteiger partial charge in [-0.15, -0.1) is 0 Å². The van der Waals surface area contributed by atoms with Crippen molar-refractivity contribution in [3.05, 3.63) is 47.1 Å². The maximum Gasteiger partial charge on any atom is 0.257 e. The molecule has 0 unspecified atom stereocenters. The molecule has 0 saturated heterocycles. The lowest BCUT2D eigenvalue weighted by Gasteiger charge is -2.10. The van der Waals surface area contributed by atoms with E-state index in [1.54, 1.807) is 30.3 Å². The lowest BCUT2D eigenvalue weighted by molar-refractivity contribution is 0.102. The van der Waals surface area contributed by atoms with Gasteiger partial charge in [0.25, 0.3) is 5.91 Å². The van der Waals surface area contributed by atoms with E-state index in [0.717, 1.165) is 0 Å². The van der Waals surface area contributed by atoms with Gasteiger partial charge in [0.2, 0.25) is 5.88 Å². The van der Waals surface area contributed by atoms with E-state index in [1.807, 2.05) is 6.92 Å². The van der Waals surface area contributed by atoms with Gasteiger partial charge in [0.15, 0.2) is 0 Å². The number of amides is 1. The Balaban J connectivity index is 2.15. The van der Waals surface area contributed by atoms with Crippen LogP contribution in [0.2, 0.25) is 5.02 Å². The monoisotopic (exact) mass is 306 g/mol. The minimum Gasteiger partial charge on any atom is -0.495 e.